The average molecular weight is 373 g/mol. The van der Waals surface area contributed by atoms with Crippen LogP contribution in [-0.2, 0) is 14.2 Å². The standard InChI is InChI=1S/C21H24FNO4/c22-9-11-25-13-14-26-12-10-23-21(24)27-15-20-18-7-3-1-5-16(18)17-6-2-4-8-19(17)20/h1-8,20H,9-15H2,(H,23,24). The zero-order valence-corrected chi connectivity index (χ0v) is 15.2. The van der Waals surface area contributed by atoms with Crippen molar-refractivity contribution in [2.24, 2.45) is 0 Å². The summed E-state index contributed by atoms with van der Waals surface area (Å²) in [6.07, 6.45) is -0.464. The molecule has 1 amide bonds. The molecule has 0 bridgehead atoms. The van der Waals surface area contributed by atoms with E-state index in [9.17, 15) is 9.18 Å². The number of carbonyl (C=O) groups is 1. The van der Waals surface area contributed by atoms with Gasteiger partial charge >= 0.3 is 6.09 Å². The van der Waals surface area contributed by atoms with Crippen LogP contribution in [0.25, 0.3) is 11.1 Å². The zero-order chi connectivity index (χ0) is 18.9. The van der Waals surface area contributed by atoms with E-state index in [0.717, 1.165) is 0 Å². The molecule has 0 fully saturated rings. The highest BCUT2D eigenvalue weighted by molar-refractivity contribution is 5.79. The Balaban J connectivity index is 1.42. The molecule has 2 aromatic carbocycles. The molecule has 1 aliphatic carbocycles. The van der Waals surface area contributed by atoms with Crippen LogP contribution in [0.2, 0.25) is 0 Å². The van der Waals surface area contributed by atoms with Gasteiger partial charge in [-0.2, -0.15) is 0 Å². The summed E-state index contributed by atoms with van der Waals surface area (Å²) < 4.78 is 27.5. The summed E-state index contributed by atoms with van der Waals surface area (Å²) in [5.41, 5.74) is 4.77. The van der Waals surface area contributed by atoms with Crippen LogP contribution in [0, 0.1) is 0 Å². The molecule has 144 valence electrons. The van der Waals surface area contributed by atoms with Gasteiger partial charge in [0.1, 0.15) is 13.3 Å². The van der Waals surface area contributed by atoms with Crippen LogP contribution in [0.15, 0.2) is 48.5 Å². The number of halogens is 1. The summed E-state index contributed by atoms with van der Waals surface area (Å²) in [5, 5.41) is 2.67. The molecule has 2 aromatic rings. The van der Waals surface area contributed by atoms with Crippen LogP contribution in [-0.4, -0.2) is 52.3 Å². The quantitative estimate of drug-likeness (QED) is 0.648. The number of alkyl carbamates (subject to hydrolysis) is 1. The molecule has 27 heavy (non-hydrogen) atoms. The Morgan fingerprint density at radius 3 is 2.11 bits per heavy atom. The van der Waals surface area contributed by atoms with E-state index in [1.54, 1.807) is 0 Å². The van der Waals surface area contributed by atoms with E-state index < -0.39 is 12.8 Å². The van der Waals surface area contributed by atoms with Gasteiger partial charge in [0, 0.05) is 12.5 Å². The maximum Gasteiger partial charge on any atom is 0.407 e. The van der Waals surface area contributed by atoms with Crippen molar-refractivity contribution in [3.05, 3.63) is 59.7 Å². The average Bonchev–Trinajstić information content (AvgIpc) is 3.02. The molecule has 0 heterocycles. The van der Waals surface area contributed by atoms with Crippen molar-refractivity contribution in [1.29, 1.82) is 0 Å². The Hall–Kier alpha value is -2.44. The van der Waals surface area contributed by atoms with E-state index in [-0.39, 0.29) is 19.1 Å². The number of fused-ring (bicyclic) bond motifs is 3. The van der Waals surface area contributed by atoms with E-state index in [1.165, 1.54) is 22.3 Å². The predicted octanol–water partition coefficient (Wildman–Crippen LogP) is 3.53. The van der Waals surface area contributed by atoms with Crippen LogP contribution < -0.4 is 5.32 Å². The van der Waals surface area contributed by atoms with E-state index in [0.29, 0.717) is 26.4 Å². The van der Waals surface area contributed by atoms with Crippen LogP contribution in [0.4, 0.5) is 9.18 Å². The van der Waals surface area contributed by atoms with Gasteiger partial charge < -0.3 is 19.5 Å². The predicted molar refractivity (Wildman–Crippen MR) is 101 cm³/mol. The molecule has 3 rings (SSSR count). The maximum absolute atomic E-state index is 11.9. The summed E-state index contributed by atoms with van der Waals surface area (Å²) in [6, 6.07) is 16.4. The second-order valence-electron chi connectivity index (χ2n) is 6.17. The molecule has 1 N–H and O–H groups in total. The summed E-state index contributed by atoms with van der Waals surface area (Å²) in [5.74, 6) is 0.0482. The Labute approximate surface area is 158 Å². The number of rotatable bonds is 10. The van der Waals surface area contributed by atoms with E-state index in [4.69, 9.17) is 14.2 Å². The fourth-order valence-corrected chi connectivity index (χ4v) is 3.25. The molecule has 1 aliphatic rings. The third kappa shape index (κ3) is 5.05. The summed E-state index contributed by atoms with van der Waals surface area (Å²) in [4.78, 5) is 11.9. The first-order valence-electron chi connectivity index (χ1n) is 9.11. The number of hydrogen-bond donors (Lipinski definition) is 1. The fourth-order valence-electron chi connectivity index (χ4n) is 3.25. The Morgan fingerprint density at radius 1 is 0.889 bits per heavy atom. The second-order valence-corrected chi connectivity index (χ2v) is 6.17. The van der Waals surface area contributed by atoms with Gasteiger partial charge in [-0.3, -0.25) is 0 Å². The molecule has 5 nitrogen and oxygen atoms in total. The van der Waals surface area contributed by atoms with Gasteiger partial charge in [-0.15, -0.1) is 0 Å². The van der Waals surface area contributed by atoms with Gasteiger partial charge in [0.15, 0.2) is 0 Å². The Kier molecular flexibility index (Phi) is 7.19. The highest BCUT2D eigenvalue weighted by atomic mass is 19.1. The van der Waals surface area contributed by atoms with Crippen molar-refractivity contribution >= 4 is 6.09 Å². The van der Waals surface area contributed by atoms with Crippen LogP contribution in [0.1, 0.15) is 17.0 Å². The van der Waals surface area contributed by atoms with Gasteiger partial charge in [-0.05, 0) is 22.3 Å². The topological polar surface area (TPSA) is 56.8 Å². The van der Waals surface area contributed by atoms with Gasteiger partial charge in [-0.25, -0.2) is 9.18 Å². The minimum atomic E-state index is -0.497. The van der Waals surface area contributed by atoms with Crippen molar-refractivity contribution in [2.75, 3.05) is 46.3 Å². The number of carbonyl (C=O) groups excluding carboxylic acids is 1. The minimum absolute atomic E-state index is 0.0482. The van der Waals surface area contributed by atoms with Crippen LogP contribution >= 0.6 is 0 Å². The summed E-state index contributed by atoms with van der Waals surface area (Å²) >= 11 is 0. The second kappa shape index (κ2) is 10.0. The first-order valence-corrected chi connectivity index (χ1v) is 9.11. The lowest BCUT2D eigenvalue weighted by atomic mass is 9.98. The van der Waals surface area contributed by atoms with Gasteiger partial charge in [0.2, 0.25) is 0 Å². The van der Waals surface area contributed by atoms with Crippen molar-refractivity contribution in [3.63, 3.8) is 0 Å². The molecule has 0 atom stereocenters. The number of amides is 1. The molecule has 0 aromatic heterocycles. The number of hydrogen-bond acceptors (Lipinski definition) is 4. The minimum Gasteiger partial charge on any atom is -0.449 e. The molecular weight excluding hydrogens is 349 g/mol. The molecule has 0 spiro atoms. The lowest BCUT2D eigenvalue weighted by molar-refractivity contribution is 0.0434. The summed E-state index contributed by atoms with van der Waals surface area (Å²) in [6.45, 7) is 1.28. The van der Waals surface area contributed by atoms with Crippen LogP contribution in [0.3, 0.4) is 0 Å². The van der Waals surface area contributed by atoms with Crippen molar-refractivity contribution < 1.29 is 23.4 Å². The molecule has 0 aliphatic heterocycles. The lowest BCUT2D eigenvalue weighted by Crippen LogP contribution is -2.29. The van der Waals surface area contributed by atoms with E-state index in [1.807, 2.05) is 24.3 Å². The molecule has 0 saturated heterocycles. The normalized spacial score (nSPS) is 12.5. The highest BCUT2D eigenvalue weighted by Crippen LogP contribution is 2.44. The largest absolute Gasteiger partial charge is 0.449 e. The van der Waals surface area contributed by atoms with E-state index >= 15 is 0 Å². The van der Waals surface area contributed by atoms with Crippen molar-refractivity contribution in [3.8, 4) is 11.1 Å². The van der Waals surface area contributed by atoms with E-state index in [2.05, 4.69) is 29.6 Å². The van der Waals surface area contributed by atoms with Crippen molar-refractivity contribution in [1.82, 2.24) is 5.32 Å². The lowest BCUT2D eigenvalue weighted by Gasteiger charge is -2.14. The van der Waals surface area contributed by atoms with Crippen LogP contribution in [0.5, 0.6) is 0 Å². The molecule has 6 heteroatoms. The Morgan fingerprint density at radius 2 is 1.48 bits per heavy atom. The molecule has 0 saturated carbocycles. The number of ether oxygens (including phenoxy) is 3. The van der Waals surface area contributed by atoms with Crippen molar-refractivity contribution in [2.45, 2.75) is 5.92 Å². The summed E-state index contributed by atoms with van der Waals surface area (Å²) in [7, 11) is 0. The smallest absolute Gasteiger partial charge is 0.407 e. The van der Waals surface area contributed by atoms with Gasteiger partial charge in [-0.1, -0.05) is 48.5 Å². The third-order valence-corrected chi connectivity index (χ3v) is 4.45. The Bertz CT molecular complexity index is 707. The molecule has 0 radical (unpaired) electrons. The zero-order valence-electron chi connectivity index (χ0n) is 15.2. The number of benzene rings is 2. The number of nitrogens with one attached hydrogen (secondary N) is 1. The first-order chi connectivity index (χ1) is 13.3. The monoisotopic (exact) mass is 373 g/mol. The van der Waals surface area contributed by atoms with Gasteiger partial charge in [0.25, 0.3) is 0 Å². The molecular formula is C21H24FNO4. The SMILES string of the molecule is O=C(NCCOCCOCCF)OCC1c2ccccc2-c2ccccc21. The fraction of sp³-hybridized carbons (Fsp3) is 0.381. The number of alkyl halides is 1. The first kappa shape index (κ1) is 19.3. The highest BCUT2D eigenvalue weighted by Gasteiger charge is 2.28. The molecule has 0 unspecified atom stereocenters. The van der Waals surface area contributed by atoms with Gasteiger partial charge in [0.05, 0.1) is 26.4 Å². The third-order valence-electron chi connectivity index (χ3n) is 4.45. The maximum atomic E-state index is 11.9.